The van der Waals surface area contributed by atoms with E-state index in [-0.39, 0.29) is 0 Å². The third-order valence-electron chi connectivity index (χ3n) is 2.63. The Hall–Kier alpha value is -2.37. The maximum absolute atomic E-state index is 5.81. The van der Waals surface area contributed by atoms with Crippen LogP contribution in [0.25, 0.3) is 0 Å². The lowest BCUT2D eigenvalue weighted by Gasteiger charge is -2.12. The summed E-state index contributed by atoms with van der Waals surface area (Å²) in [6, 6.07) is 1.72. The van der Waals surface area contributed by atoms with E-state index in [1.807, 2.05) is 6.92 Å². The van der Waals surface area contributed by atoms with Crippen molar-refractivity contribution in [1.29, 1.82) is 0 Å². The molecule has 0 unspecified atom stereocenters. The third kappa shape index (κ3) is 2.90. The molecule has 0 radical (unpaired) electrons. The number of pyridine rings is 1. The number of rotatable bonds is 4. The Morgan fingerprint density at radius 1 is 1.21 bits per heavy atom. The monoisotopic (exact) mass is 260 g/mol. The van der Waals surface area contributed by atoms with Crippen LogP contribution in [0.15, 0.2) is 18.5 Å². The molecule has 0 aliphatic rings. The van der Waals surface area contributed by atoms with Gasteiger partial charge in [-0.15, -0.1) is 0 Å². The van der Waals surface area contributed by atoms with Crippen LogP contribution in [0.4, 0.5) is 5.82 Å². The van der Waals surface area contributed by atoms with Gasteiger partial charge in [0.1, 0.15) is 11.6 Å². The van der Waals surface area contributed by atoms with E-state index in [2.05, 4.69) is 15.0 Å². The lowest BCUT2D eigenvalue weighted by atomic mass is 10.2. The minimum Gasteiger partial charge on any atom is -0.481 e. The molecule has 0 saturated carbocycles. The van der Waals surface area contributed by atoms with Gasteiger partial charge in [-0.05, 0) is 13.3 Å². The summed E-state index contributed by atoms with van der Waals surface area (Å²) in [5, 5.41) is 0. The van der Waals surface area contributed by atoms with Crippen LogP contribution in [0.1, 0.15) is 18.3 Å². The summed E-state index contributed by atoms with van der Waals surface area (Å²) in [6.45, 7) is 3.79. The number of ether oxygens (including phenoxy) is 2. The van der Waals surface area contributed by atoms with Crippen molar-refractivity contribution in [1.82, 2.24) is 15.0 Å². The van der Waals surface area contributed by atoms with Gasteiger partial charge in [0.15, 0.2) is 11.6 Å². The highest BCUT2D eigenvalue weighted by molar-refractivity contribution is 5.48. The van der Waals surface area contributed by atoms with Crippen molar-refractivity contribution in [3.63, 3.8) is 0 Å². The SMILES string of the molecule is CCc1cnc(OC)cc1Oc1cnc(C)nc1N. The van der Waals surface area contributed by atoms with Gasteiger partial charge in [0.25, 0.3) is 0 Å². The van der Waals surface area contributed by atoms with Gasteiger partial charge in [-0.25, -0.2) is 15.0 Å². The molecule has 0 spiro atoms. The molecule has 2 rings (SSSR count). The van der Waals surface area contributed by atoms with E-state index in [1.165, 1.54) is 0 Å². The average molecular weight is 260 g/mol. The first-order chi connectivity index (χ1) is 9.13. The number of nitrogens with two attached hydrogens (primary N) is 1. The topological polar surface area (TPSA) is 83.2 Å². The van der Waals surface area contributed by atoms with Gasteiger partial charge in [-0.1, -0.05) is 6.92 Å². The fourth-order valence-electron chi connectivity index (χ4n) is 1.59. The second-order valence-electron chi connectivity index (χ2n) is 3.96. The Bertz CT molecular complexity index is 587. The van der Waals surface area contributed by atoms with Crippen LogP contribution < -0.4 is 15.2 Å². The summed E-state index contributed by atoms with van der Waals surface area (Å²) in [6.07, 6.45) is 4.07. The molecule has 0 aliphatic heterocycles. The Kier molecular flexibility index (Phi) is 3.79. The van der Waals surface area contributed by atoms with Crippen LogP contribution in [0.2, 0.25) is 0 Å². The van der Waals surface area contributed by atoms with Crippen LogP contribution in [0.3, 0.4) is 0 Å². The Labute approximate surface area is 111 Å². The molecule has 6 nitrogen and oxygen atoms in total. The second-order valence-corrected chi connectivity index (χ2v) is 3.96. The quantitative estimate of drug-likeness (QED) is 0.906. The molecule has 2 aromatic rings. The van der Waals surface area contributed by atoms with Gasteiger partial charge in [0, 0.05) is 17.8 Å². The Balaban J connectivity index is 2.36. The first kappa shape index (κ1) is 13.1. The van der Waals surface area contributed by atoms with Crippen molar-refractivity contribution in [2.24, 2.45) is 0 Å². The van der Waals surface area contributed by atoms with Gasteiger partial charge >= 0.3 is 0 Å². The second kappa shape index (κ2) is 5.51. The standard InChI is InChI=1S/C13H16N4O2/c1-4-9-6-16-12(18-3)5-10(9)19-11-7-15-8(2)17-13(11)14/h5-7H,4H2,1-3H3,(H2,14,15,17). The van der Waals surface area contributed by atoms with E-state index in [0.29, 0.717) is 29.0 Å². The van der Waals surface area contributed by atoms with Crippen LogP contribution in [0, 0.1) is 6.92 Å². The smallest absolute Gasteiger partial charge is 0.216 e. The van der Waals surface area contributed by atoms with Gasteiger partial charge in [0.2, 0.25) is 5.88 Å². The maximum atomic E-state index is 5.81. The van der Waals surface area contributed by atoms with E-state index < -0.39 is 0 Å². The first-order valence-electron chi connectivity index (χ1n) is 5.94. The number of nitrogen functional groups attached to an aromatic ring is 1. The molecule has 0 bridgehead atoms. The first-order valence-corrected chi connectivity index (χ1v) is 5.94. The Morgan fingerprint density at radius 2 is 2.00 bits per heavy atom. The number of methoxy groups -OCH3 is 1. The van der Waals surface area contributed by atoms with Gasteiger partial charge in [-0.3, -0.25) is 0 Å². The molecule has 6 heteroatoms. The molecule has 2 N–H and O–H groups in total. The molecule has 0 atom stereocenters. The number of anilines is 1. The van der Waals surface area contributed by atoms with Crippen LogP contribution in [-0.2, 0) is 6.42 Å². The molecule has 0 amide bonds. The summed E-state index contributed by atoms with van der Waals surface area (Å²) in [4.78, 5) is 12.3. The summed E-state index contributed by atoms with van der Waals surface area (Å²) >= 11 is 0. The number of nitrogens with zero attached hydrogens (tertiary/aromatic N) is 3. The fraction of sp³-hybridized carbons (Fsp3) is 0.308. The highest BCUT2D eigenvalue weighted by Crippen LogP contribution is 2.30. The van der Waals surface area contributed by atoms with Crippen molar-refractivity contribution in [2.45, 2.75) is 20.3 Å². The third-order valence-corrected chi connectivity index (χ3v) is 2.63. The highest BCUT2D eigenvalue weighted by atomic mass is 16.5. The molecule has 100 valence electrons. The lowest BCUT2D eigenvalue weighted by molar-refractivity contribution is 0.391. The molecule has 2 heterocycles. The van der Waals surface area contributed by atoms with Crippen LogP contribution >= 0.6 is 0 Å². The fourth-order valence-corrected chi connectivity index (χ4v) is 1.59. The summed E-state index contributed by atoms with van der Waals surface area (Å²) in [5.74, 6) is 2.47. The van der Waals surface area contributed by atoms with Crippen molar-refractivity contribution in [2.75, 3.05) is 12.8 Å². The van der Waals surface area contributed by atoms with Crippen molar-refractivity contribution < 1.29 is 9.47 Å². The van der Waals surface area contributed by atoms with E-state index >= 15 is 0 Å². The zero-order valence-corrected chi connectivity index (χ0v) is 11.2. The highest BCUT2D eigenvalue weighted by Gasteiger charge is 2.10. The summed E-state index contributed by atoms with van der Waals surface area (Å²) < 4.78 is 10.8. The summed E-state index contributed by atoms with van der Waals surface area (Å²) in [7, 11) is 1.56. The predicted molar refractivity (Wildman–Crippen MR) is 71.4 cm³/mol. The summed E-state index contributed by atoms with van der Waals surface area (Å²) in [5.41, 5.74) is 6.77. The number of hydrogen-bond donors (Lipinski definition) is 1. The van der Waals surface area contributed by atoms with Crippen molar-refractivity contribution in [3.05, 3.63) is 29.8 Å². The molecular formula is C13H16N4O2. The molecule has 2 aromatic heterocycles. The molecule has 0 saturated heterocycles. The van der Waals surface area contributed by atoms with Gasteiger partial charge in [-0.2, -0.15) is 0 Å². The zero-order valence-electron chi connectivity index (χ0n) is 11.2. The molecular weight excluding hydrogens is 244 g/mol. The molecule has 19 heavy (non-hydrogen) atoms. The molecule has 0 fully saturated rings. The predicted octanol–water partition coefficient (Wildman–Crippen LogP) is 2.13. The maximum Gasteiger partial charge on any atom is 0.216 e. The average Bonchev–Trinajstić information content (AvgIpc) is 2.41. The van der Waals surface area contributed by atoms with E-state index in [0.717, 1.165) is 12.0 Å². The minimum absolute atomic E-state index is 0.310. The number of hydrogen-bond acceptors (Lipinski definition) is 6. The number of aromatic nitrogens is 3. The zero-order chi connectivity index (χ0) is 13.8. The lowest BCUT2D eigenvalue weighted by Crippen LogP contribution is -2.01. The van der Waals surface area contributed by atoms with E-state index in [1.54, 1.807) is 32.5 Å². The van der Waals surface area contributed by atoms with Gasteiger partial charge in [0.05, 0.1) is 13.3 Å². The van der Waals surface area contributed by atoms with Crippen molar-refractivity contribution in [3.8, 4) is 17.4 Å². The minimum atomic E-state index is 0.310. The van der Waals surface area contributed by atoms with Crippen LogP contribution in [-0.4, -0.2) is 22.1 Å². The Morgan fingerprint density at radius 3 is 2.63 bits per heavy atom. The largest absolute Gasteiger partial charge is 0.481 e. The van der Waals surface area contributed by atoms with Crippen molar-refractivity contribution >= 4 is 5.82 Å². The van der Waals surface area contributed by atoms with Gasteiger partial charge < -0.3 is 15.2 Å². The van der Waals surface area contributed by atoms with E-state index in [9.17, 15) is 0 Å². The number of aryl methyl sites for hydroxylation is 2. The molecule has 0 aliphatic carbocycles. The normalized spacial score (nSPS) is 10.3. The van der Waals surface area contributed by atoms with Crippen LogP contribution in [0.5, 0.6) is 17.4 Å². The van der Waals surface area contributed by atoms with E-state index in [4.69, 9.17) is 15.2 Å². The molecule has 0 aromatic carbocycles.